The lowest BCUT2D eigenvalue weighted by molar-refractivity contribution is 0.0205. The number of benzene rings is 1. The maximum Gasteiger partial charge on any atom is 0.410 e. The molecule has 1 aromatic carbocycles. The molecule has 0 radical (unpaired) electrons. The van der Waals surface area contributed by atoms with Gasteiger partial charge in [-0.15, -0.1) is 0 Å². The zero-order valence-electron chi connectivity index (χ0n) is 16.3. The number of ether oxygens (including phenoxy) is 1. The highest BCUT2D eigenvalue weighted by Gasteiger charge is 2.27. The number of carbonyl (C=O) groups is 1. The first-order valence-corrected chi connectivity index (χ1v) is 9.37. The van der Waals surface area contributed by atoms with Crippen molar-refractivity contribution in [2.45, 2.75) is 59.0 Å². The molecule has 2 rings (SSSR count). The molecule has 1 heterocycles. The molecule has 0 saturated carbocycles. The smallest absolute Gasteiger partial charge is 0.410 e. The van der Waals surface area contributed by atoms with Gasteiger partial charge >= 0.3 is 6.09 Å². The van der Waals surface area contributed by atoms with Gasteiger partial charge in [-0.05, 0) is 71.1 Å². The Morgan fingerprint density at radius 1 is 1.24 bits per heavy atom. The Bertz CT molecular complexity index is 583. The number of hydrogen-bond donors (Lipinski definition) is 1. The predicted octanol–water partition coefficient (Wildman–Crippen LogP) is 4.23. The number of anilines is 2. The number of likely N-dealkylation sites (tertiary alicyclic amines) is 1. The van der Waals surface area contributed by atoms with Crippen molar-refractivity contribution in [2.24, 2.45) is 0 Å². The van der Waals surface area contributed by atoms with Gasteiger partial charge in [-0.25, -0.2) is 4.79 Å². The third-order valence-electron chi connectivity index (χ3n) is 4.78. The van der Waals surface area contributed by atoms with Crippen LogP contribution in [0, 0.1) is 0 Å². The lowest BCUT2D eigenvalue weighted by atomic mass is 9.89. The van der Waals surface area contributed by atoms with Gasteiger partial charge in [0.15, 0.2) is 0 Å². The van der Waals surface area contributed by atoms with Crippen LogP contribution in [0.1, 0.15) is 58.9 Å². The van der Waals surface area contributed by atoms with Gasteiger partial charge in [0.25, 0.3) is 0 Å². The van der Waals surface area contributed by atoms with Crippen LogP contribution in [-0.2, 0) is 4.74 Å². The van der Waals surface area contributed by atoms with E-state index in [2.05, 4.69) is 30.9 Å². The minimum absolute atomic E-state index is 0.202. The van der Waals surface area contributed by atoms with Crippen LogP contribution in [-0.4, -0.2) is 42.8 Å². The highest BCUT2D eigenvalue weighted by atomic mass is 16.6. The first kappa shape index (κ1) is 19.4. The molecule has 1 saturated heterocycles. The minimum Gasteiger partial charge on any atom is -0.444 e. The summed E-state index contributed by atoms with van der Waals surface area (Å²) in [5, 5.41) is 0. The zero-order valence-corrected chi connectivity index (χ0v) is 16.3. The molecule has 1 aromatic rings. The number of amides is 1. The fourth-order valence-corrected chi connectivity index (χ4v) is 3.37. The van der Waals surface area contributed by atoms with E-state index in [0.717, 1.165) is 50.4 Å². The maximum atomic E-state index is 12.2. The number of nitrogens with two attached hydrogens (primary N) is 1. The molecular formula is C20H33N3O2. The van der Waals surface area contributed by atoms with E-state index in [1.54, 1.807) is 0 Å². The second-order valence-corrected chi connectivity index (χ2v) is 7.73. The van der Waals surface area contributed by atoms with Gasteiger partial charge in [0.1, 0.15) is 5.60 Å². The van der Waals surface area contributed by atoms with Crippen LogP contribution in [0.2, 0.25) is 0 Å². The molecule has 0 aliphatic carbocycles. The summed E-state index contributed by atoms with van der Waals surface area (Å²) in [6, 6.07) is 6.38. The summed E-state index contributed by atoms with van der Waals surface area (Å²) in [5.41, 5.74) is 9.01. The summed E-state index contributed by atoms with van der Waals surface area (Å²) in [7, 11) is 0. The summed E-state index contributed by atoms with van der Waals surface area (Å²) < 4.78 is 5.48. The van der Waals surface area contributed by atoms with Crippen molar-refractivity contribution in [1.82, 2.24) is 4.90 Å². The van der Waals surface area contributed by atoms with Gasteiger partial charge < -0.3 is 20.3 Å². The number of hydrogen-bond acceptors (Lipinski definition) is 4. The Kier molecular flexibility index (Phi) is 6.20. The van der Waals surface area contributed by atoms with E-state index in [9.17, 15) is 4.79 Å². The molecule has 0 spiro atoms. The summed E-state index contributed by atoms with van der Waals surface area (Å²) >= 11 is 0. The Hall–Kier alpha value is -1.91. The summed E-state index contributed by atoms with van der Waals surface area (Å²) in [5.74, 6) is 0.466. The topological polar surface area (TPSA) is 58.8 Å². The van der Waals surface area contributed by atoms with Gasteiger partial charge in [-0.3, -0.25) is 0 Å². The van der Waals surface area contributed by atoms with Crippen molar-refractivity contribution in [1.29, 1.82) is 0 Å². The molecule has 1 aliphatic heterocycles. The third kappa shape index (κ3) is 5.03. The fourth-order valence-electron chi connectivity index (χ4n) is 3.37. The van der Waals surface area contributed by atoms with E-state index in [1.807, 2.05) is 31.7 Å². The quantitative estimate of drug-likeness (QED) is 0.828. The van der Waals surface area contributed by atoms with Crippen LogP contribution < -0.4 is 10.6 Å². The molecule has 25 heavy (non-hydrogen) atoms. The van der Waals surface area contributed by atoms with E-state index in [1.165, 1.54) is 5.56 Å². The number of carbonyl (C=O) groups excluding carboxylic acids is 1. The average Bonchev–Trinajstić information content (AvgIpc) is 2.56. The second-order valence-electron chi connectivity index (χ2n) is 7.73. The van der Waals surface area contributed by atoms with Crippen LogP contribution in [0.25, 0.3) is 0 Å². The molecule has 1 amide bonds. The molecule has 1 aliphatic rings. The highest BCUT2D eigenvalue weighted by molar-refractivity contribution is 5.69. The van der Waals surface area contributed by atoms with Crippen molar-refractivity contribution in [2.75, 3.05) is 36.8 Å². The van der Waals surface area contributed by atoms with Crippen LogP contribution >= 0.6 is 0 Å². The molecule has 1 fully saturated rings. The van der Waals surface area contributed by atoms with Gasteiger partial charge in [-0.2, -0.15) is 0 Å². The number of nitrogen functional groups attached to an aromatic ring is 1. The molecular weight excluding hydrogens is 314 g/mol. The van der Waals surface area contributed by atoms with Crippen molar-refractivity contribution in [3.63, 3.8) is 0 Å². The van der Waals surface area contributed by atoms with E-state index in [4.69, 9.17) is 10.5 Å². The van der Waals surface area contributed by atoms with Crippen molar-refractivity contribution in [3.8, 4) is 0 Å². The van der Waals surface area contributed by atoms with E-state index >= 15 is 0 Å². The normalized spacial score (nSPS) is 16.0. The van der Waals surface area contributed by atoms with Crippen LogP contribution in [0.5, 0.6) is 0 Å². The summed E-state index contributed by atoms with van der Waals surface area (Å²) in [6.45, 7) is 13.4. The van der Waals surface area contributed by atoms with Crippen LogP contribution in [0.3, 0.4) is 0 Å². The zero-order chi connectivity index (χ0) is 18.6. The number of piperidine rings is 1. The van der Waals surface area contributed by atoms with Gasteiger partial charge in [0.2, 0.25) is 0 Å². The first-order valence-electron chi connectivity index (χ1n) is 9.37. The van der Waals surface area contributed by atoms with Crippen LogP contribution in [0.15, 0.2) is 18.2 Å². The fraction of sp³-hybridized carbons (Fsp3) is 0.650. The molecule has 140 valence electrons. The monoisotopic (exact) mass is 347 g/mol. The Labute approximate surface area is 152 Å². The van der Waals surface area contributed by atoms with Crippen molar-refractivity contribution >= 4 is 17.5 Å². The molecule has 0 aromatic heterocycles. The van der Waals surface area contributed by atoms with E-state index in [-0.39, 0.29) is 6.09 Å². The SMILES string of the molecule is CCN(CC)c1cc(C2CCN(C(=O)OC(C)(C)C)CC2)ccc1N. The molecule has 0 bridgehead atoms. The molecule has 2 N–H and O–H groups in total. The predicted molar refractivity (Wildman–Crippen MR) is 104 cm³/mol. The van der Waals surface area contributed by atoms with Crippen molar-refractivity contribution in [3.05, 3.63) is 23.8 Å². The summed E-state index contributed by atoms with van der Waals surface area (Å²) in [6.07, 6.45) is 1.72. The standard InChI is InChI=1S/C20H33N3O2/c1-6-22(7-2)18-14-16(8-9-17(18)21)15-10-12-23(13-11-15)19(24)25-20(3,4)5/h8-9,14-15H,6-7,10-13,21H2,1-5H3. The summed E-state index contributed by atoms with van der Waals surface area (Å²) in [4.78, 5) is 16.3. The minimum atomic E-state index is -0.441. The van der Waals surface area contributed by atoms with E-state index in [0.29, 0.717) is 5.92 Å². The lowest BCUT2D eigenvalue weighted by Crippen LogP contribution is -2.41. The van der Waals surface area contributed by atoms with Gasteiger partial charge in [-0.1, -0.05) is 6.07 Å². The molecule has 5 heteroatoms. The Balaban J connectivity index is 2.03. The number of rotatable bonds is 4. The maximum absolute atomic E-state index is 12.2. The van der Waals surface area contributed by atoms with Crippen molar-refractivity contribution < 1.29 is 9.53 Å². The second kappa shape index (κ2) is 7.98. The average molecular weight is 348 g/mol. The largest absolute Gasteiger partial charge is 0.444 e. The Morgan fingerprint density at radius 2 is 1.84 bits per heavy atom. The first-order chi connectivity index (χ1) is 11.7. The van der Waals surface area contributed by atoms with E-state index < -0.39 is 5.60 Å². The Morgan fingerprint density at radius 3 is 2.36 bits per heavy atom. The third-order valence-corrected chi connectivity index (χ3v) is 4.78. The highest BCUT2D eigenvalue weighted by Crippen LogP contribution is 2.33. The number of nitrogens with zero attached hydrogens (tertiary/aromatic N) is 2. The molecule has 0 unspecified atom stereocenters. The van der Waals surface area contributed by atoms with Gasteiger partial charge in [0, 0.05) is 26.2 Å². The lowest BCUT2D eigenvalue weighted by Gasteiger charge is -2.34. The molecule has 0 atom stereocenters. The van der Waals surface area contributed by atoms with Crippen LogP contribution in [0.4, 0.5) is 16.2 Å². The van der Waals surface area contributed by atoms with Gasteiger partial charge in [0.05, 0.1) is 11.4 Å². The molecule has 5 nitrogen and oxygen atoms in total.